The number of nitrogens with one attached hydrogen (secondary N) is 1. The molecule has 0 bridgehead atoms. The van der Waals surface area contributed by atoms with Crippen LogP contribution in [0, 0.1) is 6.92 Å². The monoisotopic (exact) mass is 367 g/mol. The Balaban J connectivity index is 0.00000225. The van der Waals surface area contributed by atoms with E-state index in [2.05, 4.69) is 54.1 Å². The number of aryl methyl sites for hydroxylation is 1. The number of halogens is 1. The average Bonchev–Trinajstić information content (AvgIpc) is 3.10. The van der Waals surface area contributed by atoms with Gasteiger partial charge in [0.15, 0.2) is 0 Å². The second-order valence-electron chi connectivity index (χ2n) is 7.55. The average molecular weight is 368 g/mol. The second kappa shape index (κ2) is 9.77. The van der Waals surface area contributed by atoms with Crippen LogP contribution in [-0.4, -0.2) is 68.3 Å². The predicted molar refractivity (Wildman–Crippen MR) is 107 cm³/mol. The van der Waals surface area contributed by atoms with Gasteiger partial charge in [-0.25, -0.2) is 0 Å². The molecule has 2 saturated heterocycles. The molecule has 2 aliphatic heterocycles. The summed E-state index contributed by atoms with van der Waals surface area (Å²) in [7, 11) is 0. The van der Waals surface area contributed by atoms with E-state index in [-0.39, 0.29) is 12.4 Å². The molecule has 0 radical (unpaired) electrons. The molecule has 4 nitrogen and oxygen atoms in total. The van der Waals surface area contributed by atoms with Gasteiger partial charge in [0, 0.05) is 45.3 Å². The Morgan fingerprint density at radius 1 is 1.20 bits per heavy atom. The highest BCUT2D eigenvalue weighted by Crippen LogP contribution is 2.23. The third kappa shape index (κ3) is 5.58. The summed E-state index contributed by atoms with van der Waals surface area (Å²) in [5.74, 6) is 1.58. The first-order valence-corrected chi connectivity index (χ1v) is 9.54. The third-order valence-electron chi connectivity index (χ3n) is 5.50. The van der Waals surface area contributed by atoms with E-state index in [1.165, 1.54) is 56.8 Å². The van der Waals surface area contributed by atoms with Crippen LogP contribution in [0.1, 0.15) is 37.3 Å². The van der Waals surface area contributed by atoms with E-state index in [0.717, 1.165) is 24.9 Å². The normalized spacial score (nSPS) is 22.2. The van der Waals surface area contributed by atoms with Gasteiger partial charge in [-0.3, -0.25) is 9.80 Å². The van der Waals surface area contributed by atoms with Crippen molar-refractivity contribution in [2.24, 2.45) is 0 Å². The van der Waals surface area contributed by atoms with Crippen LogP contribution in [0.5, 0.6) is 5.75 Å². The lowest BCUT2D eigenvalue weighted by Gasteiger charge is -2.37. The summed E-state index contributed by atoms with van der Waals surface area (Å²) in [4.78, 5) is 5.19. The third-order valence-corrected chi connectivity index (χ3v) is 5.50. The van der Waals surface area contributed by atoms with Gasteiger partial charge in [-0.15, -0.1) is 12.4 Å². The largest absolute Gasteiger partial charge is 0.492 e. The molecular weight excluding hydrogens is 334 g/mol. The van der Waals surface area contributed by atoms with Crippen molar-refractivity contribution in [1.82, 2.24) is 15.1 Å². The Morgan fingerprint density at radius 3 is 2.56 bits per heavy atom. The predicted octanol–water partition coefficient (Wildman–Crippen LogP) is 2.90. The van der Waals surface area contributed by atoms with E-state index in [9.17, 15) is 0 Å². The quantitative estimate of drug-likeness (QED) is 0.836. The molecule has 5 heteroatoms. The number of rotatable bonds is 6. The molecule has 1 unspecified atom stereocenters. The van der Waals surface area contributed by atoms with Crippen molar-refractivity contribution in [2.45, 2.75) is 39.2 Å². The van der Waals surface area contributed by atoms with E-state index in [1.54, 1.807) is 0 Å². The molecule has 2 heterocycles. The fourth-order valence-corrected chi connectivity index (χ4v) is 3.98. The number of ether oxygens (including phenoxy) is 1. The number of nitrogens with zero attached hydrogens (tertiary/aromatic N) is 2. The lowest BCUT2D eigenvalue weighted by atomic mass is 9.98. The fourth-order valence-electron chi connectivity index (χ4n) is 3.98. The van der Waals surface area contributed by atoms with Crippen molar-refractivity contribution in [2.75, 3.05) is 52.4 Å². The molecular formula is C20H34ClN3O. The lowest BCUT2D eigenvalue weighted by molar-refractivity contribution is 0.0921. The molecule has 0 spiro atoms. The van der Waals surface area contributed by atoms with Crippen LogP contribution in [0.3, 0.4) is 0 Å². The zero-order valence-electron chi connectivity index (χ0n) is 16.0. The molecule has 0 amide bonds. The smallest absolute Gasteiger partial charge is 0.119 e. The summed E-state index contributed by atoms with van der Waals surface area (Å²) in [6, 6.07) is 7.28. The zero-order valence-corrected chi connectivity index (χ0v) is 16.8. The molecule has 1 atom stereocenters. The van der Waals surface area contributed by atoms with Gasteiger partial charge in [0.2, 0.25) is 0 Å². The maximum absolute atomic E-state index is 5.99. The molecule has 3 rings (SSSR count). The van der Waals surface area contributed by atoms with Crippen molar-refractivity contribution in [3.8, 4) is 5.75 Å². The van der Waals surface area contributed by atoms with Crippen molar-refractivity contribution in [1.29, 1.82) is 0 Å². The van der Waals surface area contributed by atoms with Crippen LogP contribution in [-0.2, 0) is 0 Å². The van der Waals surface area contributed by atoms with Gasteiger partial charge in [-0.05, 0) is 49.1 Å². The van der Waals surface area contributed by atoms with E-state index in [1.807, 2.05) is 0 Å². The summed E-state index contributed by atoms with van der Waals surface area (Å²) in [5.41, 5.74) is 2.75. The zero-order chi connectivity index (χ0) is 16.9. The number of hydrogen-bond acceptors (Lipinski definition) is 4. The minimum absolute atomic E-state index is 0. The molecule has 1 N–H and O–H groups in total. The molecule has 0 saturated carbocycles. The van der Waals surface area contributed by atoms with Crippen LogP contribution in [0.4, 0.5) is 0 Å². The molecule has 0 aromatic heterocycles. The summed E-state index contributed by atoms with van der Waals surface area (Å²) in [6.07, 6.45) is 1.31. The van der Waals surface area contributed by atoms with Crippen molar-refractivity contribution < 1.29 is 4.74 Å². The van der Waals surface area contributed by atoms with E-state index < -0.39 is 0 Å². The summed E-state index contributed by atoms with van der Waals surface area (Å²) in [5, 5.41) is 3.47. The Kier molecular flexibility index (Phi) is 8.01. The van der Waals surface area contributed by atoms with E-state index in [4.69, 9.17) is 4.74 Å². The van der Waals surface area contributed by atoms with Crippen molar-refractivity contribution >= 4 is 12.4 Å². The van der Waals surface area contributed by atoms with Gasteiger partial charge in [0.1, 0.15) is 12.4 Å². The first kappa shape index (κ1) is 20.5. The van der Waals surface area contributed by atoms with Gasteiger partial charge in [0.25, 0.3) is 0 Å². The molecule has 2 aliphatic rings. The summed E-state index contributed by atoms with van der Waals surface area (Å²) in [6.45, 7) is 15.6. The van der Waals surface area contributed by atoms with Gasteiger partial charge in [0.05, 0.1) is 0 Å². The number of hydrogen-bond donors (Lipinski definition) is 1. The molecule has 1 aromatic rings. The maximum atomic E-state index is 5.99. The highest BCUT2D eigenvalue weighted by molar-refractivity contribution is 5.85. The molecule has 25 heavy (non-hydrogen) atoms. The fraction of sp³-hybridized carbons (Fsp3) is 0.700. The molecule has 0 aliphatic carbocycles. The van der Waals surface area contributed by atoms with Crippen LogP contribution >= 0.6 is 12.4 Å². The first-order valence-electron chi connectivity index (χ1n) is 9.54. The Labute approximate surface area is 159 Å². The summed E-state index contributed by atoms with van der Waals surface area (Å²) < 4.78 is 5.99. The number of benzene rings is 1. The Hall–Kier alpha value is -0.810. The van der Waals surface area contributed by atoms with Crippen LogP contribution < -0.4 is 10.1 Å². The summed E-state index contributed by atoms with van der Waals surface area (Å²) >= 11 is 0. The minimum Gasteiger partial charge on any atom is -0.492 e. The second-order valence-corrected chi connectivity index (χ2v) is 7.55. The van der Waals surface area contributed by atoms with Gasteiger partial charge in [-0.2, -0.15) is 0 Å². The Bertz CT molecular complexity index is 524. The van der Waals surface area contributed by atoms with Gasteiger partial charge >= 0.3 is 0 Å². The highest BCUT2D eigenvalue weighted by atomic mass is 35.5. The van der Waals surface area contributed by atoms with E-state index in [0.29, 0.717) is 5.92 Å². The van der Waals surface area contributed by atoms with Crippen LogP contribution in [0.2, 0.25) is 0 Å². The molecule has 2 fully saturated rings. The van der Waals surface area contributed by atoms with Crippen LogP contribution in [0.25, 0.3) is 0 Å². The van der Waals surface area contributed by atoms with E-state index >= 15 is 0 Å². The van der Waals surface area contributed by atoms with Gasteiger partial charge < -0.3 is 10.1 Å². The SMILES string of the molecule is Cc1cc(OCCN2CCN(C3CCNC3)CC2)ccc1C(C)C.Cl. The maximum Gasteiger partial charge on any atom is 0.119 e. The van der Waals surface area contributed by atoms with Gasteiger partial charge in [-0.1, -0.05) is 19.9 Å². The minimum atomic E-state index is 0. The lowest BCUT2D eigenvalue weighted by Crippen LogP contribution is -2.51. The van der Waals surface area contributed by atoms with Crippen LogP contribution in [0.15, 0.2) is 18.2 Å². The Morgan fingerprint density at radius 2 is 1.96 bits per heavy atom. The highest BCUT2D eigenvalue weighted by Gasteiger charge is 2.25. The number of piperazine rings is 1. The first-order chi connectivity index (χ1) is 11.6. The van der Waals surface area contributed by atoms with Crippen molar-refractivity contribution in [3.63, 3.8) is 0 Å². The molecule has 1 aromatic carbocycles. The standard InChI is InChI=1S/C20H33N3O.ClH/c1-16(2)20-5-4-19(14-17(20)3)24-13-12-22-8-10-23(11-9-22)18-6-7-21-15-18;/h4-5,14,16,18,21H,6-13,15H2,1-3H3;1H. The molecule has 142 valence electrons. The topological polar surface area (TPSA) is 27.7 Å². The van der Waals surface area contributed by atoms with Crippen molar-refractivity contribution in [3.05, 3.63) is 29.3 Å².